The molecule has 0 fully saturated rings. The summed E-state index contributed by atoms with van der Waals surface area (Å²) in [5, 5.41) is 0.398. The van der Waals surface area contributed by atoms with Gasteiger partial charge in [0.25, 0.3) is 0 Å². The van der Waals surface area contributed by atoms with Crippen molar-refractivity contribution in [3.8, 4) is 0 Å². The Hall–Kier alpha value is 0.120. The highest BCUT2D eigenvalue weighted by Crippen LogP contribution is 2.44. The predicted octanol–water partition coefficient (Wildman–Crippen LogP) is 3.41. The average molecular weight is 449 g/mol. The van der Waals surface area contributed by atoms with E-state index in [1.54, 1.807) is 0 Å². The molecule has 0 saturated carbocycles. The fourth-order valence-electron chi connectivity index (χ4n) is 1.62. The van der Waals surface area contributed by atoms with Gasteiger partial charge in [-0.25, -0.2) is 4.79 Å². The van der Waals surface area contributed by atoms with Gasteiger partial charge in [0.2, 0.25) is 4.51 Å². The quantitative estimate of drug-likeness (QED) is 0.478. The van der Waals surface area contributed by atoms with Crippen molar-refractivity contribution in [2.24, 2.45) is 0 Å². The molecule has 1 aliphatic heterocycles. The van der Waals surface area contributed by atoms with Gasteiger partial charge in [-0.05, 0) is 38.3 Å². The Balaban J connectivity index is 3.09. The number of hydrogen-bond acceptors (Lipinski definition) is 4. The van der Waals surface area contributed by atoms with Gasteiger partial charge in [0.15, 0.2) is 0 Å². The highest BCUT2D eigenvalue weighted by atomic mass is 79.9. The molecule has 0 N–H and O–H groups in total. The van der Waals surface area contributed by atoms with E-state index >= 15 is 0 Å². The Labute approximate surface area is 131 Å². The maximum atomic E-state index is 11.9. The molecule has 0 bridgehead atoms. The number of ether oxygens (including phenoxy) is 2. The summed E-state index contributed by atoms with van der Waals surface area (Å²) in [6.45, 7) is 3.28. The zero-order valence-electron chi connectivity index (χ0n) is 9.97. The van der Waals surface area contributed by atoms with Gasteiger partial charge in [0.05, 0.1) is 15.4 Å². The molecule has 0 saturated heterocycles. The third-order valence-electron chi connectivity index (χ3n) is 2.39. The maximum absolute atomic E-state index is 11.9. The summed E-state index contributed by atoms with van der Waals surface area (Å²) in [6.07, 6.45) is 0.788. The summed E-state index contributed by atoms with van der Waals surface area (Å²) < 4.78 is 10.1. The maximum Gasteiger partial charge on any atom is 0.340 e. The molecular formula is C11H13Br3O4. The lowest BCUT2D eigenvalue weighted by Gasteiger charge is -2.18. The van der Waals surface area contributed by atoms with E-state index in [2.05, 4.69) is 47.8 Å². The molecular weight excluding hydrogens is 436 g/mol. The topological polar surface area (TPSA) is 52.6 Å². The molecule has 0 aliphatic carbocycles. The van der Waals surface area contributed by atoms with Crippen LogP contribution in [0.1, 0.15) is 26.7 Å². The lowest BCUT2D eigenvalue weighted by Crippen LogP contribution is -2.24. The number of carbonyl (C=O) groups is 2. The second-order valence-electron chi connectivity index (χ2n) is 3.87. The summed E-state index contributed by atoms with van der Waals surface area (Å²) in [6, 6.07) is 0. The molecule has 1 heterocycles. The summed E-state index contributed by atoms with van der Waals surface area (Å²) in [5.41, 5.74) is 0.364. The van der Waals surface area contributed by atoms with Crippen molar-refractivity contribution in [2.45, 2.75) is 37.3 Å². The van der Waals surface area contributed by atoms with Gasteiger partial charge in [-0.3, -0.25) is 4.79 Å². The van der Waals surface area contributed by atoms with Crippen LogP contribution in [-0.2, 0) is 19.1 Å². The number of hydrogen-bond donors (Lipinski definition) is 0. The van der Waals surface area contributed by atoms with E-state index in [1.165, 1.54) is 6.92 Å². The molecule has 4 nitrogen and oxygen atoms in total. The van der Waals surface area contributed by atoms with Gasteiger partial charge < -0.3 is 9.47 Å². The van der Waals surface area contributed by atoms with Crippen LogP contribution in [0.2, 0.25) is 0 Å². The Bertz CT molecular complexity index is 394. The Morgan fingerprint density at radius 2 is 2.17 bits per heavy atom. The molecule has 2 atom stereocenters. The Morgan fingerprint density at radius 3 is 2.56 bits per heavy atom. The van der Waals surface area contributed by atoms with Crippen molar-refractivity contribution in [3.63, 3.8) is 0 Å². The van der Waals surface area contributed by atoms with Crippen LogP contribution in [0, 0.1) is 0 Å². The van der Waals surface area contributed by atoms with Crippen LogP contribution in [-0.4, -0.2) is 27.9 Å². The van der Waals surface area contributed by atoms with Crippen molar-refractivity contribution in [3.05, 3.63) is 10.1 Å². The van der Waals surface area contributed by atoms with Gasteiger partial charge in [0.1, 0.15) is 6.10 Å². The summed E-state index contributed by atoms with van der Waals surface area (Å²) in [7, 11) is 0. The van der Waals surface area contributed by atoms with E-state index in [-0.39, 0.29) is 0 Å². The zero-order valence-corrected chi connectivity index (χ0v) is 14.7. The highest BCUT2D eigenvalue weighted by Gasteiger charge is 2.47. The van der Waals surface area contributed by atoms with Gasteiger partial charge in [-0.2, -0.15) is 0 Å². The minimum Gasteiger partial charge on any atom is -0.457 e. The minimum atomic E-state index is -0.911. The Morgan fingerprint density at radius 1 is 1.56 bits per heavy atom. The molecule has 0 aromatic rings. The van der Waals surface area contributed by atoms with E-state index < -0.39 is 22.6 Å². The second-order valence-corrected chi connectivity index (χ2v) is 6.50. The number of halogens is 3. The van der Waals surface area contributed by atoms with E-state index in [9.17, 15) is 9.59 Å². The van der Waals surface area contributed by atoms with Gasteiger partial charge in [-0.15, -0.1) is 0 Å². The van der Waals surface area contributed by atoms with Crippen molar-refractivity contribution in [1.82, 2.24) is 0 Å². The van der Waals surface area contributed by atoms with Gasteiger partial charge in [-0.1, -0.05) is 29.3 Å². The molecule has 1 aliphatic rings. The van der Waals surface area contributed by atoms with E-state index in [4.69, 9.17) is 9.47 Å². The first-order valence-corrected chi connectivity index (χ1v) is 8.12. The molecule has 1 rings (SSSR count). The molecule has 0 amide bonds. The molecule has 7 heteroatoms. The predicted molar refractivity (Wildman–Crippen MR) is 78.0 cm³/mol. The number of alkyl halides is 2. The summed E-state index contributed by atoms with van der Waals surface area (Å²) >= 11 is 9.97. The molecule has 0 radical (unpaired) electrons. The molecule has 2 unspecified atom stereocenters. The summed E-state index contributed by atoms with van der Waals surface area (Å²) in [5.74, 6) is -0.891. The number of esters is 2. The normalized spacial score (nSPS) is 25.1. The second kappa shape index (κ2) is 6.52. The third kappa shape index (κ3) is 3.36. The smallest absolute Gasteiger partial charge is 0.340 e. The Kier molecular flexibility index (Phi) is 5.86. The zero-order chi connectivity index (χ0) is 13.9. The van der Waals surface area contributed by atoms with Crippen LogP contribution in [0.15, 0.2) is 10.1 Å². The minimum absolute atomic E-state index is 0.364. The summed E-state index contributed by atoms with van der Waals surface area (Å²) in [4.78, 5) is 23.0. The third-order valence-corrected chi connectivity index (χ3v) is 6.37. The molecule has 0 aromatic carbocycles. The first kappa shape index (κ1) is 16.2. The van der Waals surface area contributed by atoms with Crippen molar-refractivity contribution >= 4 is 59.7 Å². The lowest BCUT2D eigenvalue weighted by atomic mass is 10.1. The largest absolute Gasteiger partial charge is 0.457 e. The molecule has 0 spiro atoms. The van der Waals surface area contributed by atoms with Gasteiger partial charge >= 0.3 is 11.9 Å². The SMILES string of the molecule is CCCC(OC(C)=O)C1=C(Br)C(Br)(CBr)OC1=O. The first-order valence-electron chi connectivity index (χ1n) is 5.41. The first-order chi connectivity index (χ1) is 8.35. The monoisotopic (exact) mass is 446 g/mol. The molecule has 0 aromatic heterocycles. The highest BCUT2D eigenvalue weighted by molar-refractivity contribution is 9.15. The fourth-order valence-corrected chi connectivity index (χ4v) is 3.39. The van der Waals surface area contributed by atoms with Crippen molar-refractivity contribution in [2.75, 3.05) is 5.33 Å². The van der Waals surface area contributed by atoms with Gasteiger partial charge in [0, 0.05) is 6.92 Å². The van der Waals surface area contributed by atoms with Crippen LogP contribution in [0.5, 0.6) is 0 Å². The lowest BCUT2D eigenvalue weighted by molar-refractivity contribution is -0.147. The van der Waals surface area contributed by atoms with Crippen LogP contribution in [0.3, 0.4) is 0 Å². The van der Waals surface area contributed by atoms with E-state index in [1.807, 2.05) is 6.92 Å². The fraction of sp³-hybridized carbons (Fsp3) is 0.636. The van der Waals surface area contributed by atoms with Crippen LogP contribution < -0.4 is 0 Å². The molecule has 18 heavy (non-hydrogen) atoms. The average Bonchev–Trinajstić information content (AvgIpc) is 2.49. The van der Waals surface area contributed by atoms with Crippen LogP contribution in [0.4, 0.5) is 0 Å². The molecule has 102 valence electrons. The van der Waals surface area contributed by atoms with E-state index in [0.29, 0.717) is 21.8 Å². The van der Waals surface area contributed by atoms with Crippen LogP contribution >= 0.6 is 47.8 Å². The number of cyclic esters (lactones) is 1. The van der Waals surface area contributed by atoms with Crippen LogP contribution in [0.25, 0.3) is 0 Å². The number of carbonyl (C=O) groups excluding carboxylic acids is 2. The standard InChI is InChI=1S/C11H13Br3O4/c1-3-4-7(17-6(2)15)8-9(13)11(14,5-12)18-10(8)16/h7H,3-5H2,1-2H3. The van der Waals surface area contributed by atoms with E-state index in [0.717, 1.165) is 6.42 Å². The van der Waals surface area contributed by atoms with Crippen molar-refractivity contribution < 1.29 is 19.1 Å². The number of rotatable bonds is 5. The van der Waals surface area contributed by atoms with Crippen molar-refractivity contribution in [1.29, 1.82) is 0 Å².